The van der Waals surface area contributed by atoms with E-state index in [1.165, 1.54) is 6.08 Å². The molecule has 4 heteroatoms. The molecular weight excluding hydrogens is 268 g/mol. The van der Waals surface area contributed by atoms with Crippen LogP contribution in [0.4, 0.5) is 0 Å². The molecular formula is C17H22O4. The minimum atomic E-state index is -0.387. The zero-order chi connectivity index (χ0) is 15.0. The van der Waals surface area contributed by atoms with Crippen molar-refractivity contribution in [2.24, 2.45) is 23.7 Å². The summed E-state index contributed by atoms with van der Waals surface area (Å²) < 4.78 is 16.3. The maximum absolute atomic E-state index is 11.6. The van der Waals surface area contributed by atoms with Crippen molar-refractivity contribution in [2.75, 3.05) is 20.8 Å². The summed E-state index contributed by atoms with van der Waals surface area (Å²) in [6.45, 7) is 2.19. The second-order valence-corrected chi connectivity index (χ2v) is 5.82. The molecule has 1 saturated carbocycles. The average Bonchev–Trinajstić information content (AvgIpc) is 2.87. The van der Waals surface area contributed by atoms with Gasteiger partial charge in [-0.3, -0.25) is 0 Å². The van der Waals surface area contributed by atoms with E-state index in [0.29, 0.717) is 24.4 Å². The first-order valence-electron chi connectivity index (χ1n) is 7.51. The third-order valence-corrected chi connectivity index (χ3v) is 5.02. The van der Waals surface area contributed by atoms with Crippen LogP contribution in [0, 0.1) is 23.7 Å². The largest absolute Gasteiger partial charge is 0.501 e. The molecule has 3 aliphatic carbocycles. The van der Waals surface area contributed by atoms with E-state index in [0.717, 1.165) is 12.2 Å². The normalized spacial score (nSPS) is 39.7. The molecule has 21 heavy (non-hydrogen) atoms. The summed E-state index contributed by atoms with van der Waals surface area (Å²) in [5.74, 6) is 2.26. The Bertz CT molecular complexity index is 519. The molecule has 0 aliphatic heterocycles. The Hall–Kier alpha value is -1.55. The van der Waals surface area contributed by atoms with Crippen LogP contribution in [0.2, 0.25) is 0 Å². The van der Waals surface area contributed by atoms with E-state index >= 15 is 0 Å². The van der Waals surface area contributed by atoms with Gasteiger partial charge in [0.25, 0.3) is 0 Å². The highest BCUT2D eigenvalue weighted by atomic mass is 16.5. The monoisotopic (exact) mass is 290 g/mol. The van der Waals surface area contributed by atoms with Gasteiger partial charge in [0, 0.05) is 30.9 Å². The third kappa shape index (κ3) is 2.13. The quantitative estimate of drug-likeness (QED) is 0.443. The maximum Gasteiger partial charge on any atom is 0.330 e. The number of ether oxygens (including phenoxy) is 3. The van der Waals surface area contributed by atoms with Crippen molar-refractivity contribution in [1.29, 1.82) is 0 Å². The number of esters is 1. The molecule has 4 nitrogen and oxygen atoms in total. The van der Waals surface area contributed by atoms with E-state index in [1.807, 2.05) is 6.08 Å². The molecule has 0 saturated heterocycles. The minimum Gasteiger partial charge on any atom is -0.501 e. The number of rotatable bonds is 5. The molecule has 0 N–H and O–H groups in total. The van der Waals surface area contributed by atoms with Gasteiger partial charge in [-0.25, -0.2) is 4.79 Å². The van der Waals surface area contributed by atoms with Crippen molar-refractivity contribution >= 4 is 5.97 Å². The fourth-order valence-electron chi connectivity index (χ4n) is 4.06. The molecule has 0 spiro atoms. The van der Waals surface area contributed by atoms with Crippen molar-refractivity contribution in [3.63, 3.8) is 0 Å². The van der Waals surface area contributed by atoms with Gasteiger partial charge in [0.1, 0.15) is 0 Å². The van der Waals surface area contributed by atoms with Crippen LogP contribution in [0.5, 0.6) is 0 Å². The lowest BCUT2D eigenvalue weighted by Crippen LogP contribution is -2.21. The lowest BCUT2D eigenvalue weighted by Gasteiger charge is -2.25. The SMILES string of the molecule is CCOC(=O)/C=C/[C@]1(OC)[C@H]2[C@@H]3CC=C[C@@H]3C(OC)=C[C@H]21. The fraction of sp³-hybridized carbons (Fsp3) is 0.588. The summed E-state index contributed by atoms with van der Waals surface area (Å²) in [6, 6.07) is 0. The van der Waals surface area contributed by atoms with Gasteiger partial charge in [-0.1, -0.05) is 12.2 Å². The van der Waals surface area contributed by atoms with Gasteiger partial charge in [-0.15, -0.1) is 0 Å². The number of hydrogen-bond donors (Lipinski definition) is 0. The standard InChI is InChI=1S/C17H22O4/c1-4-21-15(18)8-9-17(20-3)13-10-14(19-2)11-6-5-7-12(11)16(13)17/h5-6,8-13,16H,4,7H2,1-3H3/b9-8+/t11-,12+,13+,16-,17+/m0/s1. The predicted octanol–water partition coefficient (Wildman–Crippen LogP) is 2.47. The molecule has 3 aliphatic rings. The Morgan fingerprint density at radius 1 is 1.48 bits per heavy atom. The summed E-state index contributed by atoms with van der Waals surface area (Å²) in [5, 5.41) is 0. The molecule has 0 aromatic heterocycles. The molecule has 0 aromatic rings. The molecule has 0 radical (unpaired) electrons. The van der Waals surface area contributed by atoms with E-state index in [4.69, 9.17) is 14.2 Å². The van der Waals surface area contributed by atoms with Gasteiger partial charge in [0.15, 0.2) is 0 Å². The Labute approximate surface area is 125 Å². The number of carbonyl (C=O) groups excluding carboxylic acids is 1. The topological polar surface area (TPSA) is 44.8 Å². The Balaban J connectivity index is 1.83. The molecule has 0 aromatic carbocycles. The maximum atomic E-state index is 11.6. The van der Waals surface area contributed by atoms with Gasteiger partial charge in [0.2, 0.25) is 0 Å². The van der Waals surface area contributed by atoms with Crippen molar-refractivity contribution in [2.45, 2.75) is 18.9 Å². The highest BCUT2D eigenvalue weighted by Crippen LogP contribution is 2.65. The second kappa shape index (κ2) is 5.34. The van der Waals surface area contributed by atoms with Gasteiger partial charge in [-0.2, -0.15) is 0 Å². The molecule has 0 amide bonds. The summed E-state index contributed by atoms with van der Waals surface area (Å²) in [7, 11) is 3.44. The number of fused-ring (bicyclic) bond motifs is 3. The lowest BCUT2D eigenvalue weighted by atomic mass is 9.84. The molecule has 5 atom stereocenters. The lowest BCUT2D eigenvalue weighted by molar-refractivity contribution is -0.137. The number of hydrogen-bond acceptors (Lipinski definition) is 4. The van der Waals surface area contributed by atoms with Crippen LogP contribution in [-0.4, -0.2) is 32.4 Å². The second-order valence-electron chi connectivity index (χ2n) is 5.82. The third-order valence-electron chi connectivity index (χ3n) is 5.02. The van der Waals surface area contributed by atoms with Crippen LogP contribution in [-0.2, 0) is 19.0 Å². The Morgan fingerprint density at radius 2 is 2.29 bits per heavy atom. The van der Waals surface area contributed by atoms with Gasteiger partial charge < -0.3 is 14.2 Å². The molecule has 3 rings (SSSR count). The predicted molar refractivity (Wildman–Crippen MR) is 78.3 cm³/mol. The van der Waals surface area contributed by atoms with E-state index in [2.05, 4.69) is 18.2 Å². The van der Waals surface area contributed by atoms with E-state index < -0.39 is 0 Å². The summed E-state index contributed by atoms with van der Waals surface area (Å²) in [6.07, 6.45) is 11.0. The van der Waals surface area contributed by atoms with Crippen LogP contribution in [0.3, 0.4) is 0 Å². The van der Waals surface area contributed by atoms with Crippen LogP contribution < -0.4 is 0 Å². The zero-order valence-electron chi connectivity index (χ0n) is 12.7. The molecule has 1 fully saturated rings. The minimum absolute atomic E-state index is 0.282. The van der Waals surface area contributed by atoms with Crippen molar-refractivity contribution in [3.8, 4) is 0 Å². The first-order valence-corrected chi connectivity index (χ1v) is 7.51. The van der Waals surface area contributed by atoms with Crippen LogP contribution in [0.1, 0.15) is 13.3 Å². The van der Waals surface area contributed by atoms with Gasteiger partial charge in [0.05, 0.1) is 25.1 Å². The number of methoxy groups -OCH3 is 2. The molecule has 0 heterocycles. The summed E-state index contributed by atoms with van der Waals surface area (Å²) >= 11 is 0. The average molecular weight is 290 g/mol. The highest BCUT2D eigenvalue weighted by molar-refractivity contribution is 5.82. The van der Waals surface area contributed by atoms with Gasteiger partial charge >= 0.3 is 5.97 Å². The van der Waals surface area contributed by atoms with Crippen molar-refractivity contribution in [3.05, 3.63) is 36.1 Å². The summed E-state index contributed by atoms with van der Waals surface area (Å²) in [4.78, 5) is 11.6. The van der Waals surface area contributed by atoms with Crippen molar-refractivity contribution < 1.29 is 19.0 Å². The zero-order valence-corrected chi connectivity index (χ0v) is 12.7. The summed E-state index contributed by atoms with van der Waals surface area (Å²) in [5.41, 5.74) is -0.387. The molecule has 0 unspecified atom stereocenters. The first kappa shape index (κ1) is 14.4. The number of allylic oxidation sites excluding steroid dienone is 2. The fourth-order valence-corrected chi connectivity index (χ4v) is 4.06. The highest BCUT2D eigenvalue weighted by Gasteiger charge is 2.69. The van der Waals surface area contributed by atoms with Crippen LogP contribution in [0.15, 0.2) is 36.1 Å². The number of carbonyl (C=O) groups is 1. The van der Waals surface area contributed by atoms with E-state index in [1.54, 1.807) is 21.1 Å². The van der Waals surface area contributed by atoms with Gasteiger partial charge in [-0.05, 0) is 31.4 Å². The Morgan fingerprint density at radius 3 is 2.95 bits per heavy atom. The van der Waals surface area contributed by atoms with Crippen LogP contribution >= 0.6 is 0 Å². The van der Waals surface area contributed by atoms with Crippen LogP contribution in [0.25, 0.3) is 0 Å². The first-order chi connectivity index (χ1) is 10.2. The Kier molecular flexibility index (Phi) is 3.66. The smallest absolute Gasteiger partial charge is 0.330 e. The van der Waals surface area contributed by atoms with Crippen molar-refractivity contribution in [1.82, 2.24) is 0 Å². The van der Waals surface area contributed by atoms with E-state index in [9.17, 15) is 4.79 Å². The molecule has 114 valence electrons. The molecule has 0 bridgehead atoms. The van der Waals surface area contributed by atoms with E-state index in [-0.39, 0.29) is 17.5 Å².